The molecule has 1 unspecified atom stereocenters. The summed E-state index contributed by atoms with van der Waals surface area (Å²) < 4.78 is 28.0. The van der Waals surface area contributed by atoms with Gasteiger partial charge < -0.3 is 9.84 Å². The maximum atomic E-state index is 11.7. The first-order valence-electron chi connectivity index (χ1n) is 5.15. The fraction of sp³-hybridized carbons (Fsp3) is 1.00. The molecule has 0 heterocycles. The highest BCUT2D eigenvalue weighted by Gasteiger charge is 2.15. The first kappa shape index (κ1) is 13.8. The molecule has 0 saturated carbocycles. The molecule has 0 spiro atoms. The molecule has 0 aromatic rings. The lowest BCUT2D eigenvalue weighted by molar-refractivity contribution is -0.00344. The van der Waals surface area contributed by atoms with Crippen LogP contribution in [-0.4, -0.2) is 30.8 Å². The van der Waals surface area contributed by atoms with Gasteiger partial charge in [-0.3, -0.25) is 0 Å². The molecule has 0 aliphatic rings. The van der Waals surface area contributed by atoms with Crippen molar-refractivity contribution >= 4 is 0 Å². The van der Waals surface area contributed by atoms with Crippen LogP contribution in [0.15, 0.2) is 0 Å². The fourth-order valence-corrected chi connectivity index (χ4v) is 1.45. The lowest BCUT2D eigenvalue weighted by Gasteiger charge is -2.19. The Kier molecular flexibility index (Phi) is 7.99. The fourth-order valence-electron chi connectivity index (χ4n) is 1.45. The Hall–Kier alpha value is -0.220. The lowest BCUT2D eigenvalue weighted by atomic mass is 9.95. The molecule has 1 atom stereocenters. The molecular weight excluding hydrogens is 190 g/mol. The van der Waals surface area contributed by atoms with Crippen molar-refractivity contribution in [2.24, 2.45) is 5.92 Å². The first-order valence-corrected chi connectivity index (χ1v) is 5.15. The Labute approximate surface area is 84.3 Å². The van der Waals surface area contributed by atoms with Gasteiger partial charge in [0.05, 0.1) is 6.10 Å². The Morgan fingerprint density at radius 2 is 1.79 bits per heavy atom. The molecule has 86 valence electrons. The predicted molar refractivity (Wildman–Crippen MR) is 51.5 cm³/mol. The van der Waals surface area contributed by atoms with Gasteiger partial charge in [-0.2, -0.15) is 0 Å². The first-order chi connectivity index (χ1) is 6.61. The number of hydrogen-bond acceptors (Lipinski definition) is 2. The molecule has 1 N–H and O–H groups in total. The van der Waals surface area contributed by atoms with Crippen LogP contribution in [0.2, 0.25) is 0 Å². The smallest absolute Gasteiger partial charge is 0.261 e. The third kappa shape index (κ3) is 6.27. The van der Waals surface area contributed by atoms with Crippen LogP contribution < -0.4 is 0 Å². The molecule has 0 radical (unpaired) electrons. The Morgan fingerprint density at radius 1 is 1.21 bits per heavy atom. The van der Waals surface area contributed by atoms with Crippen LogP contribution in [0, 0.1) is 5.92 Å². The van der Waals surface area contributed by atoms with Gasteiger partial charge in [-0.1, -0.05) is 26.7 Å². The molecular formula is C10H20F2O2. The van der Waals surface area contributed by atoms with Crippen LogP contribution in [0.1, 0.15) is 33.1 Å². The van der Waals surface area contributed by atoms with E-state index in [1.165, 1.54) is 0 Å². The van der Waals surface area contributed by atoms with Gasteiger partial charge in [0.15, 0.2) is 0 Å². The zero-order chi connectivity index (χ0) is 11.0. The lowest BCUT2D eigenvalue weighted by Crippen LogP contribution is -2.21. The van der Waals surface area contributed by atoms with Gasteiger partial charge in [-0.25, -0.2) is 8.78 Å². The summed E-state index contributed by atoms with van der Waals surface area (Å²) in [6, 6.07) is 0. The summed E-state index contributed by atoms with van der Waals surface area (Å²) in [5.41, 5.74) is 0. The molecule has 2 nitrogen and oxygen atoms in total. The summed E-state index contributed by atoms with van der Waals surface area (Å²) in [5.74, 6) is 0.255. The van der Waals surface area contributed by atoms with E-state index in [-0.39, 0.29) is 12.5 Å². The number of hydrogen-bond donors (Lipinski definition) is 1. The number of rotatable bonds is 8. The van der Waals surface area contributed by atoms with Crippen LogP contribution in [0.25, 0.3) is 0 Å². The second-order valence-electron chi connectivity index (χ2n) is 3.40. The predicted octanol–water partition coefficient (Wildman–Crippen LogP) is 2.46. The van der Waals surface area contributed by atoms with E-state index in [4.69, 9.17) is 4.74 Å². The average molecular weight is 210 g/mol. The minimum Gasteiger partial charge on any atom is -0.393 e. The summed E-state index contributed by atoms with van der Waals surface area (Å²) in [7, 11) is 0. The van der Waals surface area contributed by atoms with Gasteiger partial charge >= 0.3 is 0 Å². The minimum atomic E-state index is -2.42. The van der Waals surface area contributed by atoms with Crippen molar-refractivity contribution in [3.63, 3.8) is 0 Å². The van der Waals surface area contributed by atoms with Crippen LogP contribution >= 0.6 is 0 Å². The Bertz CT molecular complexity index is 127. The molecule has 0 rings (SSSR count). The van der Waals surface area contributed by atoms with E-state index in [0.717, 1.165) is 12.8 Å². The topological polar surface area (TPSA) is 29.5 Å². The second kappa shape index (κ2) is 8.12. The molecule has 4 heteroatoms. The highest BCUT2D eigenvalue weighted by Crippen LogP contribution is 2.15. The van der Waals surface area contributed by atoms with Crippen LogP contribution in [0.4, 0.5) is 8.78 Å². The molecule has 0 aromatic heterocycles. The molecule has 0 saturated heterocycles. The van der Waals surface area contributed by atoms with Crippen molar-refractivity contribution in [3.8, 4) is 0 Å². The van der Waals surface area contributed by atoms with Crippen molar-refractivity contribution in [1.29, 1.82) is 0 Å². The highest BCUT2D eigenvalue weighted by atomic mass is 19.3. The Balaban J connectivity index is 3.47. The van der Waals surface area contributed by atoms with Gasteiger partial charge in [0.1, 0.15) is 6.61 Å². The average Bonchev–Trinajstić information content (AvgIpc) is 2.14. The summed E-state index contributed by atoms with van der Waals surface area (Å²) in [6.07, 6.45) is -0.582. The summed E-state index contributed by atoms with van der Waals surface area (Å²) in [6.45, 7) is 3.70. The van der Waals surface area contributed by atoms with Crippen LogP contribution in [0.3, 0.4) is 0 Å². The third-order valence-electron chi connectivity index (χ3n) is 2.39. The van der Waals surface area contributed by atoms with Gasteiger partial charge in [0.25, 0.3) is 6.43 Å². The quantitative estimate of drug-likeness (QED) is 0.623. The minimum absolute atomic E-state index is 0.210. The van der Waals surface area contributed by atoms with Crippen LogP contribution in [0.5, 0.6) is 0 Å². The molecule has 14 heavy (non-hydrogen) atoms. The second-order valence-corrected chi connectivity index (χ2v) is 3.40. The maximum absolute atomic E-state index is 11.7. The van der Waals surface area contributed by atoms with E-state index in [0.29, 0.717) is 6.42 Å². The molecule has 0 fully saturated rings. The van der Waals surface area contributed by atoms with E-state index in [2.05, 4.69) is 0 Å². The van der Waals surface area contributed by atoms with E-state index in [1.807, 2.05) is 13.8 Å². The number of alkyl halides is 2. The summed E-state index contributed by atoms with van der Waals surface area (Å²) in [4.78, 5) is 0. The third-order valence-corrected chi connectivity index (χ3v) is 2.39. The van der Waals surface area contributed by atoms with Crippen LogP contribution in [-0.2, 0) is 4.74 Å². The van der Waals surface area contributed by atoms with Gasteiger partial charge in [-0.15, -0.1) is 0 Å². The highest BCUT2D eigenvalue weighted by molar-refractivity contribution is 4.65. The van der Waals surface area contributed by atoms with E-state index in [9.17, 15) is 13.9 Å². The van der Waals surface area contributed by atoms with Crippen molar-refractivity contribution in [2.45, 2.75) is 45.6 Å². The maximum Gasteiger partial charge on any atom is 0.261 e. The molecule has 0 aliphatic carbocycles. The summed E-state index contributed by atoms with van der Waals surface area (Å²) in [5, 5.41) is 9.61. The number of aliphatic hydroxyl groups excluding tert-OH is 1. The van der Waals surface area contributed by atoms with E-state index in [1.54, 1.807) is 0 Å². The van der Waals surface area contributed by atoms with Crippen molar-refractivity contribution in [2.75, 3.05) is 13.2 Å². The van der Waals surface area contributed by atoms with Crippen molar-refractivity contribution < 1.29 is 18.6 Å². The van der Waals surface area contributed by atoms with Gasteiger partial charge in [-0.05, 0) is 12.3 Å². The van der Waals surface area contributed by atoms with Gasteiger partial charge in [0, 0.05) is 6.61 Å². The van der Waals surface area contributed by atoms with E-state index < -0.39 is 19.1 Å². The van der Waals surface area contributed by atoms with Crippen molar-refractivity contribution in [3.05, 3.63) is 0 Å². The largest absolute Gasteiger partial charge is 0.393 e. The monoisotopic (exact) mass is 210 g/mol. The van der Waals surface area contributed by atoms with Crippen molar-refractivity contribution in [1.82, 2.24) is 0 Å². The summed E-state index contributed by atoms with van der Waals surface area (Å²) >= 11 is 0. The number of ether oxygens (including phenoxy) is 1. The standard InChI is InChI=1S/C10H20F2O2/c1-3-8(4-2)9(13)5-6-14-7-10(11)12/h8-10,13H,3-7H2,1-2H3. The number of halogens is 2. The number of aliphatic hydroxyl groups is 1. The zero-order valence-electron chi connectivity index (χ0n) is 8.88. The normalized spacial score (nSPS) is 13.9. The van der Waals surface area contributed by atoms with Gasteiger partial charge in [0.2, 0.25) is 0 Å². The molecule has 0 bridgehead atoms. The van der Waals surface area contributed by atoms with E-state index >= 15 is 0 Å². The Morgan fingerprint density at radius 3 is 2.21 bits per heavy atom. The molecule has 0 aromatic carbocycles. The molecule has 0 amide bonds. The molecule has 0 aliphatic heterocycles. The SMILES string of the molecule is CCC(CC)C(O)CCOCC(F)F. The zero-order valence-corrected chi connectivity index (χ0v) is 8.88.